The highest BCUT2D eigenvalue weighted by Gasteiger charge is 2.36. The number of anilines is 1. The number of rotatable bonds is 8. The number of aromatic nitrogens is 4. The van der Waals surface area contributed by atoms with Crippen LogP contribution in [0.25, 0.3) is 16.7 Å². The predicted octanol–water partition coefficient (Wildman–Crippen LogP) is 2.99. The molecule has 0 amide bonds. The summed E-state index contributed by atoms with van der Waals surface area (Å²) in [6.45, 7) is 7.85. The molecule has 2 fully saturated rings. The van der Waals surface area contributed by atoms with Crippen LogP contribution in [-0.2, 0) is 16.4 Å². The third-order valence-corrected chi connectivity index (χ3v) is 9.93. The smallest absolute Gasteiger partial charge is 0.321 e. The van der Waals surface area contributed by atoms with E-state index in [1.165, 1.54) is 4.31 Å². The Bertz CT molecular complexity index is 1700. The Morgan fingerprint density at radius 2 is 2.12 bits per heavy atom. The number of ether oxygens (including phenoxy) is 2. The molecule has 0 saturated carbocycles. The summed E-state index contributed by atoms with van der Waals surface area (Å²) in [6, 6.07) is 6.09. The third kappa shape index (κ3) is 5.21. The van der Waals surface area contributed by atoms with Crippen molar-refractivity contribution in [1.29, 1.82) is 5.26 Å². The molecule has 42 heavy (non-hydrogen) atoms. The van der Waals surface area contributed by atoms with Gasteiger partial charge in [-0.2, -0.15) is 24.6 Å². The maximum atomic E-state index is 12.7. The summed E-state index contributed by atoms with van der Waals surface area (Å²) in [5.74, 6) is 1.72. The molecule has 0 bridgehead atoms. The molecule has 3 aromatic rings. The molecule has 0 unspecified atom stereocenters. The van der Waals surface area contributed by atoms with Gasteiger partial charge in [-0.15, -0.1) is 0 Å². The lowest BCUT2D eigenvalue weighted by molar-refractivity contribution is 0.186. The lowest BCUT2D eigenvalue weighted by atomic mass is 9.99. The fourth-order valence-corrected chi connectivity index (χ4v) is 7.15. The first-order valence-corrected chi connectivity index (χ1v) is 15.6. The van der Waals surface area contributed by atoms with Crippen molar-refractivity contribution in [2.45, 2.75) is 44.7 Å². The fourth-order valence-electron chi connectivity index (χ4n) is 6.06. The van der Waals surface area contributed by atoms with E-state index >= 15 is 0 Å². The molecule has 0 radical (unpaired) electrons. The van der Waals surface area contributed by atoms with Crippen LogP contribution in [0, 0.1) is 18.3 Å². The van der Waals surface area contributed by atoms with Crippen LogP contribution in [0.4, 0.5) is 5.82 Å². The lowest BCUT2D eigenvalue weighted by Gasteiger charge is -2.40. The second-order valence-corrected chi connectivity index (χ2v) is 12.8. The van der Waals surface area contributed by atoms with E-state index in [1.807, 2.05) is 30.0 Å². The number of H-pyrrole nitrogens is 1. The fraction of sp³-hybridized carbons (Fsp3) is 0.448. The molecular formula is C29H34N8O4S. The zero-order valence-corrected chi connectivity index (χ0v) is 24.6. The van der Waals surface area contributed by atoms with Gasteiger partial charge in [0.25, 0.3) is 0 Å². The molecular weight excluding hydrogens is 556 g/mol. The van der Waals surface area contributed by atoms with E-state index in [1.54, 1.807) is 6.20 Å². The molecule has 0 aliphatic carbocycles. The summed E-state index contributed by atoms with van der Waals surface area (Å²) in [4.78, 5) is 13.8. The maximum Gasteiger partial charge on any atom is 0.321 e. The highest BCUT2D eigenvalue weighted by Crippen LogP contribution is 2.39. The van der Waals surface area contributed by atoms with E-state index in [-0.39, 0.29) is 25.0 Å². The largest absolute Gasteiger partial charge is 0.462 e. The molecule has 12 nitrogen and oxygen atoms in total. The summed E-state index contributed by atoms with van der Waals surface area (Å²) in [5.41, 5.74) is 3.69. The number of nitrogens with one attached hydrogen (secondary N) is 1. The summed E-state index contributed by atoms with van der Waals surface area (Å²) in [7, 11) is -1.60. The van der Waals surface area contributed by atoms with Gasteiger partial charge < -0.3 is 19.3 Å². The van der Waals surface area contributed by atoms with Gasteiger partial charge in [-0.05, 0) is 51.1 Å². The Hall–Kier alpha value is -3.99. The molecule has 5 heterocycles. The molecule has 1 N–H and O–H groups in total. The number of benzene rings is 1. The number of sulfonamides is 1. The number of aromatic amines is 1. The van der Waals surface area contributed by atoms with Crippen molar-refractivity contribution in [3.8, 4) is 18.0 Å². The maximum absolute atomic E-state index is 12.7. The number of piperazine rings is 1. The predicted molar refractivity (Wildman–Crippen MR) is 158 cm³/mol. The van der Waals surface area contributed by atoms with E-state index in [0.717, 1.165) is 52.4 Å². The van der Waals surface area contributed by atoms with Gasteiger partial charge >= 0.3 is 6.01 Å². The van der Waals surface area contributed by atoms with E-state index in [4.69, 9.17) is 19.4 Å². The molecule has 0 spiro atoms. The average molecular weight is 591 g/mol. The molecule has 3 aliphatic heterocycles. The van der Waals surface area contributed by atoms with Crippen molar-refractivity contribution in [2.75, 3.05) is 44.7 Å². The van der Waals surface area contributed by atoms with Crippen LogP contribution in [0.1, 0.15) is 36.0 Å². The number of nitrogens with zero attached hydrogens (tertiary/aromatic N) is 7. The van der Waals surface area contributed by atoms with Crippen LogP contribution < -0.4 is 14.4 Å². The van der Waals surface area contributed by atoms with Gasteiger partial charge in [0.2, 0.25) is 15.9 Å². The number of aryl methyl sites for hydroxylation is 1. The van der Waals surface area contributed by atoms with Crippen molar-refractivity contribution in [3.63, 3.8) is 0 Å². The summed E-state index contributed by atoms with van der Waals surface area (Å²) in [6.07, 6.45) is 6.53. The monoisotopic (exact) mass is 590 g/mol. The molecule has 13 heteroatoms. The molecule has 6 rings (SSSR count). The Labute approximate surface area is 245 Å². The van der Waals surface area contributed by atoms with Crippen LogP contribution in [-0.4, -0.2) is 89.7 Å². The Balaban J connectivity index is 1.36. The van der Waals surface area contributed by atoms with Crippen molar-refractivity contribution < 1.29 is 17.9 Å². The van der Waals surface area contributed by atoms with Crippen LogP contribution in [0.2, 0.25) is 0 Å². The van der Waals surface area contributed by atoms with Gasteiger partial charge in [-0.25, -0.2) is 8.42 Å². The Kier molecular flexibility index (Phi) is 7.61. The van der Waals surface area contributed by atoms with Crippen molar-refractivity contribution in [3.05, 3.63) is 53.1 Å². The number of hydrogen-bond acceptors (Lipinski definition) is 10. The highest BCUT2D eigenvalue weighted by molar-refractivity contribution is 7.92. The number of fused-ring (bicyclic) bond motifs is 2. The summed E-state index contributed by atoms with van der Waals surface area (Å²) >= 11 is 0. The molecule has 2 atom stereocenters. The van der Waals surface area contributed by atoms with Crippen LogP contribution in [0.5, 0.6) is 11.9 Å². The number of likely N-dealkylation sites (N-methyl/N-ethyl adjacent to an activating group) is 1. The minimum absolute atomic E-state index is 0.0444. The van der Waals surface area contributed by atoms with Gasteiger partial charge in [0.1, 0.15) is 18.2 Å². The van der Waals surface area contributed by atoms with E-state index in [2.05, 4.69) is 34.8 Å². The van der Waals surface area contributed by atoms with E-state index < -0.39 is 16.1 Å². The summed E-state index contributed by atoms with van der Waals surface area (Å²) in [5, 5.41) is 18.6. The quantitative estimate of drug-likeness (QED) is 0.416. The van der Waals surface area contributed by atoms with Gasteiger partial charge in [0, 0.05) is 48.5 Å². The minimum Gasteiger partial charge on any atom is -0.462 e. The molecule has 2 saturated heterocycles. The minimum atomic E-state index is -3.69. The van der Waals surface area contributed by atoms with E-state index in [9.17, 15) is 13.7 Å². The van der Waals surface area contributed by atoms with Gasteiger partial charge in [0.15, 0.2) is 0 Å². The Morgan fingerprint density at radius 3 is 2.88 bits per heavy atom. The van der Waals surface area contributed by atoms with E-state index in [0.29, 0.717) is 43.6 Å². The second kappa shape index (κ2) is 11.4. The Morgan fingerprint density at radius 1 is 1.26 bits per heavy atom. The average Bonchev–Trinajstić information content (AvgIpc) is 3.64. The van der Waals surface area contributed by atoms with Crippen LogP contribution in [0.15, 0.2) is 36.4 Å². The van der Waals surface area contributed by atoms with Crippen LogP contribution in [0.3, 0.4) is 0 Å². The third-order valence-electron chi connectivity index (χ3n) is 8.37. The van der Waals surface area contributed by atoms with Crippen molar-refractivity contribution in [1.82, 2.24) is 29.4 Å². The SMILES string of the molecule is C=CS(=O)(=O)N1CCN(c2nc(OC[C@@H]3CCCN3C)nc3c2CC=C(c2c(C)ccc4[nH]ncc24)O3)C[C@@H]1CC#N. The first-order valence-electron chi connectivity index (χ1n) is 14.1. The molecule has 220 valence electrons. The first-order chi connectivity index (χ1) is 20.3. The number of likely N-dealkylation sites (tertiary alicyclic amines) is 1. The van der Waals surface area contributed by atoms with Gasteiger partial charge in [0.05, 0.1) is 35.8 Å². The topological polar surface area (TPSA) is 141 Å². The normalized spacial score (nSPS) is 21.5. The highest BCUT2D eigenvalue weighted by atomic mass is 32.2. The zero-order chi connectivity index (χ0) is 29.4. The molecule has 1 aromatic carbocycles. The standard InChI is InChI=1S/C29H34N8O4S/c1-4-42(38,39)37-15-14-36(17-20(37)11-12-30)27-22-8-10-25(26-19(2)7-9-24-23(26)16-31-34-24)41-28(22)33-29(32-27)40-18-21-6-5-13-35(21)3/h4,7,9-10,16,20-21H,1,5-6,8,11,13-15,17-18H2,2-3H3,(H,31,34)/t20-,21-/m0/s1. The second-order valence-electron chi connectivity index (χ2n) is 10.9. The zero-order valence-electron chi connectivity index (χ0n) is 23.8. The van der Waals surface area contributed by atoms with Crippen molar-refractivity contribution >= 4 is 32.5 Å². The number of allylic oxidation sites excluding steroid dienone is 1. The lowest BCUT2D eigenvalue weighted by Crippen LogP contribution is -2.55. The van der Waals surface area contributed by atoms with Crippen molar-refractivity contribution in [2.24, 2.45) is 0 Å². The van der Waals surface area contributed by atoms with Crippen LogP contribution >= 0.6 is 0 Å². The number of hydrogen-bond donors (Lipinski definition) is 1. The summed E-state index contributed by atoms with van der Waals surface area (Å²) < 4.78 is 39.4. The molecule has 2 aromatic heterocycles. The van der Waals surface area contributed by atoms with Gasteiger partial charge in [-0.1, -0.05) is 12.6 Å². The number of nitriles is 1. The molecule has 3 aliphatic rings. The van der Waals surface area contributed by atoms with Gasteiger partial charge in [-0.3, -0.25) is 5.10 Å². The first kappa shape index (κ1) is 28.1.